The summed E-state index contributed by atoms with van der Waals surface area (Å²) in [6.45, 7) is 2.33. The van der Waals surface area contributed by atoms with Gasteiger partial charge in [-0.2, -0.15) is 12.8 Å². The highest BCUT2D eigenvalue weighted by Crippen LogP contribution is 2.14. The van der Waals surface area contributed by atoms with Gasteiger partial charge >= 0.3 is 0 Å². The zero-order valence-corrected chi connectivity index (χ0v) is 9.57. The summed E-state index contributed by atoms with van der Waals surface area (Å²) in [5.74, 6) is 0.281. The maximum atomic E-state index is 11.0. The molecule has 0 radical (unpaired) electrons. The number of ether oxygens (including phenoxy) is 1. The van der Waals surface area contributed by atoms with Crippen LogP contribution in [0.5, 0.6) is 0 Å². The fourth-order valence-corrected chi connectivity index (χ4v) is 2.07. The predicted octanol–water partition coefficient (Wildman–Crippen LogP) is 1.77. The second kappa shape index (κ2) is 4.09. The van der Waals surface area contributed by atoms with Crippen molar-refractivity contribution in [1.82, 2.24) is 0 Å². The van der Waals surface area contributed by atoms with Gasteiger partial charge in [0, 0.05) is 0 Å². The molecule has 0 atom stereocenters. The Labute approximate surface area is 94.3 Å². The summed E-state index contributed by atoms with van der Waals surface area (Å²) < 4.78 is 30.6. The van der Waals surface area contributed by atoms with Gasteiger partial charge < -0.3 is 4.74 Å². The summed E-state index contributed by atoms with van der Waals surface area (Å²) in [6.07, 6.45) is 1.22. The van der Waals surface area contributed by atoms with E-state index in [0.717, 1.165) is 16.5 Å². The van der Waals surface area contributed by atoms with Gasteiger partial charge in [0.1, 0.15) is 6.61 Å². The van der Waals surface area contributed by atoms with Crippen molar-refractivity contribution in [1.29, 1.82) is 0 Å². The fourth-order valence-electron chi connectivity index (χ4n) is 1.34. The highest BCUT2D eigenvalue weighted by molar-refractivity contribution is 7.93. The Balaban J connectivity index is 2.05. The first-order chi connectivity index (χ1) is 7.57. The van der Waals surface area contributed by atoms with Crippen molar-refractivity contribution < 1.29 is 13.2 Å². The first-order valence-corrected chi connectivity index (χ1v) is 6.26. The van der Waals surface area contributed by atoms with Gasteiger partial charge in [0.25, 0.3) is 10.0 Å². The summed E-state index contributed by atoms with van der Waals surface area (Å²) in [6, 6.07) is 7.78. The van der Waals surface area contributed by atoms with Crippen LogP contribution in [0.25, 0.3) is 0 Å². The quantitative estimate of drug-likeness (QED) is 0.805. The Hall–Kier alpha value is -1.62. The minimum absolute atomic E-state index is 0.281. The van der Waals surface area contributed by atoms with Crippen molar-refractivity contribution in [3.63, 3.8) is 0 Å². The molecule has 0 aliphatic carbocycles. The molecule has 0 aromatic heterocycles. The Morgan fingerprint density at radius 2 is 2.06 bits per heavy atom. The minimum Gasteiger partial charge on any atom is -0.486 e. The third kappa shape index (κ3) is 2.49. The number of sulfonamides is 1. The summed E-state index contributed by atoms with van der Waals surface area (Å²) >= 11 is 0. The van der Waals surface area contributed by atoms with E-state index in [1.165, 1.54) is 6.21 Å². The average Bonchev–Trinajstić information content (AvgIpc) is 2.57. The van der Waals surface area contributed by atoms with Crippen molar-refractivity contribution in [2.24, 2.45) is 4.40 Å². The first kappa shape index (κ1) is 10.9. The van der Waals surface area contributed by atoms with Gasteiger partial charge in [-0.25, -0.2) is 0 Å². The summed E-state index contributed by atoms with van der Waals surface area (Å²) in [7, 11) is -3.43. The minimum atomic E-state index is -3.43. The zero-order valence-electron chi connectivity index (χ0n) is 8.75. The molecule has 84 valence electrons. The molecule has 1 aliphatic heterocycles. The summed E-state index contributed by atoms with van der Waals surface area (Å²) in [5.41, 5.74) is 2.14. The van der Waals surface area contributed by atoms with Crippen LogP contribution in [0.3, 0.4) is 0 Å². The number of aryl methyl sites for hydroxylation is 1. The molecule has 1 aliphatic rings. The second-order valence-electron chi connectivity index (χ2n) is 3.48. The molecule has 0 spiro atoms. The Kier molecular flexibility index (Phi) is 2.78. The van der Waals surface area contributed by atoms with Crippen molar-refractivity contribution in [2.75, 3.05) is 0 Å². The third-order valence-electron chi connectivity index (χ3n) is 2.25. The number of hydrogen-bond donors (Lipinski definition) is 0. The van der Waals surface area contributed by atoms with E-state index in [1.807, 2.05) is 31.2 Å². The van der Waals surface area contributed by atoms with Crippen LogP contribution in [-0.2, 0) is 21.4 Å². The van der Waals surface area contributed by atoms with E-state index >= 15 is 0 Å². The van der Waals surface area contributed by atoms with E-state index in [-0.39, 0.29) is 5.76 Å². The van der Waals surface area contributed by atoms with Crippen molar-refractivity contribution in [3.05, 3.63) is 46.6 Å². The van der Waals surface area contributed by atoms with Crippen LogP contribution in [0, 0.1) is 6.92 Å². The van der Waals surface area contributed by atoms with E-state index in [4.69, 9.17) is 4.74 Å². The van der Waals surface area contributed by atoms with Gasteiger partial charge in [-0.05, 0) is 18.1 Å². The van der Waals surface area contributed by atoms with Gasteiger partial charge in [-0.15, -0.1) is 0 Å². The monoisotopic (exact) mass is 237 g/mol. The molecular weight excluding hydrogens is 226 g/mol. The van der Waals surface area contributed by atoms with E-state index in [0.29, 0.717) is 6.61 Å². The van der Waals surface area contributed by atoms with Gasteiger partial charge in [0.05, 0.1) is 11.6 Å². The Morgan fingerprint density at radius 3 is 2.69 bits per heavy atom. The van der Waals surface area contributed by atoms with Gasteiger partial charge in [-0.3, -0.25) is 0 Å². The van der Waals surface area contributed by atoms with Crippen molar-refractivity contribution in [2.45, 2.75) is 13.5 Å². The molecule has 0 fully saturated rings. The van der Waals surface area contributed by atoms with Crippen LogP contribution < -0.4 is 0 Å². The molecule has 0 amide bonds. The van der Waals surface area contributed by atoms with E-state index in [1.54, 1.807) is 0 Å². The predicted molar refractivity (Wildman–Crippen MR) is 61.5 cm³/mol. The lowest BCUT2D eigenvalue weighted by Gasteiger charge is -2.06. The van der Waals surface area contributed by atoms with Gasteiger partial charge in [-0.1, -0.05) is 24.3 Å². The van der Waals surface area contributed by atoms with Crippen LogP contribution in [-0.4, -0.2) is 14.6 Å². The molecule has 0 saturated heterocycles. The molecule has 1 heterocycles. The number of hydrogen-bond acceptors (Lipinski definition) is 3. The Morgan fingerprint density at radius 1 is 1.31 bits per heavy atom. The fraction of sp³-hybridized carbons (Fsp3) is 0.182. The third-order valence-corrected chi connectivity index (χ3v) is 3.18. The number of nitrogens with zero attached hydrogens (tertiary/aromatic N) is 1. The van der Waals surface area contributed by atoms with Crippen LogP contribution in [0.1, 0.15) is 11.1 Å². The molecule has 2 rings (SSSR count). The number of allylic oxidation sites excluding steroid dienone is 1. The smallest absolute Gasteiger partial charge is 0.279 e. The lowest BCUT2D eigenvalue weighted by molar-refractivity contribution is 0.220. The highest BCUT2D eigenvalue weighted by atomic mass is 32.2. The summed E-state index contributed by atoms with van der Waals surface area (Å²) in [4.78, 5) is 0. The van der Waals surface area contributed by atoms with Crippen molar-refractivity contribution in [3.8, 4) is 0 Å². The molecule has 16 heavy (non-hydrogen) atoms. The van der Waals surface area contributed by atoms with E-state index in [9.17, 15) is 8.42 Å². The maximum absolute atomic E-state index is 11.0. The van der Waals surface area contributed by atoms with Gasteiger partial charge in [0.2, 0.25) is 0 Å². The van der Waals surface area contributed by atoms with Crippen LogP contribution >= 0.6 is 0 Å². The molecule has 0 N–H and O–H groups in total. The van der Waals surface area contributed by atoms with E-state index < -0.39 is 10.0 Å². The van der Waals surface area contributed by atoms with E-state index in [2.05, 4.69) is 4.40 Å². The average molecular weight is 237 g/mol. The first-order valence-electron chi connectivity index (χ1n) is 4.76. The molecule has 1 aromatic rings. The molecule has 1 aromatic carbocycles. The van der Waals surface area contributed by atoms with Crippen LogP contribution in [0.4, 0.5) is 0 Å². The van der Waals surface area contributed by atoms with Gasteiger partial charge in [0.15, 0.2) is 5.76 Å². The Bertz CT molecular complexity index is 558. The molecule has 0 bridgehead atoms. The molecule has 5 heteroatoms. The number of benzene rings is 1. The van der Waals surface area contributed by atoms with Crippen LogP contribution in [0.2, 0.25) is 0 Å². The molecule has 0 unspecified atom stereocenters. The molecular formula is C11H11NO3S. The lowest BCUT2D eigenvalue weighted by Crippen LogP contribution is -1.95. The van der Waals surface area contributed by atoms with Crippen molar-refractivity contribution >= 4 is 16.2 Å². The van der Waals surface area contributed by atoms with Crippen LogP contribution in [0.15, 0.2) is 39.8 Å². The zero-order chi connectivity index (χ0) is 11.6. The SMILES string of the molecule is Cc1ccccc1COC1=CS(=O)(=O)N=C1. The maximum Gasteiger partial charge on any atom is 0.279 e. The standard InChI is InChI=1S/C11H11NO3S/c1-9-4-2-3-5-10(9)7-15-11-6-12-16(13,14)8-11/h2-6,8H,7H2,1H3. The number of rotatable bonds is 3. The normalized spacial score (nSPS) is 17.2. The summed E-state index contributed by atoms with van der Waals surface area (Å²) in [5, 5.41) is 1.02. The lowest BCUT2D eigenvalue weighted by atomic mass is 10.1. The molecule has 0 saturated carbocycles. The largest absolute Gasteiger partial charge is 0.486 e. The highest BCUT2D eigenvalue weighted by Gasteiger charge is 2.13. The second-order valence-corrected chi connectivity index (χ2v) is 4.96. The topological polar surface area (TPSA) is 55.7 Å². The molecule has 4 nitrogen and oxygen atoms in total.